The molecule has 2 N–H and O–H groups in total. The standard InChI is InChI=1S/C14H29NO3/c1-11(2)10-12(3)18-9-7-6-8-14(4,15)13(16)17-5/h11-12H,6-10,15H2,1-5H3. The maximum atomic E-state index is 11.3. The summed E-state index contributed by atoms with van der Waals surface area (Å²) in [6, 6.07) is 0. The number of carbonyl (C=O) groups excluding carboxylic acids is 1. The Morgan fingerprint density at radius 2 is 1.89 bits per heavy atom. The lowest BCUT2D eigenvalue weighted by molar-refractivity contribution is -0.146. The highest BCUT2D eigenvalue weighted by Gasteiger charge is 2.28. The van der Waals surface area contributed by atoms with Crippen molar-refractivity contribution in [1.29, 1.82) is 0 Å². The number of esters is 1. The number of nitrogens with two attached hydrogens (primary N) is 1. The lowest BCUT2D eigenvalue weighted by atomic mass is 9.96. The predicted molar refractivity (Wildman–Crippen MR) is 73.3 cm³/mol. The number of hydrogen-bond donors (Lipinski definition) is 1. The minimum absolute atomic E-state index is 0.301. The van der Waals surface area contributed by atoms with Gasteiger partial charge in [0.05, 0.1) is 13.2 Å². The van der Waals surface area contributed by atoms with Crippen molar-refractivity contribution in [1.82, 2.24) is 0 Å². The fourth-order valence-electron chi connectivity index (χ4n) is 1.95. The van der Waals surface area contributed by atoms with Crippen LogP contribution < -0.4 is 5.73 Å². The second-order valence-electron chi connectivity index (χ2n) is 5.68. The topological polar surface area (TPSA) is 61.5 Å². The van der Waals surface area contributed by atoms with Gasteiger partial charge in [-0.15, -0.1) is 0 Å². The quantitative estimate of drug-likeness (QED) is 0.510. The third-order valence-corrected chi connectivity index (χ3v) is 2.95. The van der Waals surface area contributed by atoms with Crippen molar-refractivity contribution in [3.8, 4) is 0 Å². The first-order chi connectivity index (χ1) is 8.29. The van der Waals surface area contributed by atoms with E-state index in [2.05, 4.69) is 25.5 Å². The molecule has 0 aromatic heterocycles. The van der Waals surface area contributed by atoms with Crippen LogP contribution in [0.25, 0.3) is 0 Å². The molecule has 108 valence electrons. The second-order valence-corrected chi connectivity index (χ2v) is 5.68. The molecule has 0 aromatic rings. The van der Waals surface area contributed by atoms with Crippen LogP contribution in [0, 0.1) is 5.92 Å². The number of unbranched alkanes of at least 4 members (excludes halogenated alkanes) is 1. The zero-order chi connectivity index (χ0) is 14.2. The van der Waals surface area contributed by atoms with Crippen LogP contribution in [-0.2, 0) is 14.3 Å². The summed E-state index contributed by atoms with van der Waals surface area (Å²) in [7, 11) is 1.37. The Labute approximate surface area is 111 Å². The van der Waals surface area contributed by atoms with Gasteiger partial charge in [0.1, 0.15) is 5.54 Å². The van der Waals surface area contributed by atoms with Crippen LogP contribution in [0.5, 0.6) is 0 Å². The van der Waals surface area contributed by atoms with E-state index >= 15 is 0 Å². The molecule has 0 aliphatic rings. The summed E-state index contributed by atoms with van der Waals surface area (Å²) >= 11 is 0. The third-order valence-electron chi connectivity index (χ3n) is 2.95. The van der Waals surface area contributed by atoms with Crippen molar-refractivity contribution < 1.29 is 14.3 Å². The summed E-state index contributed by atoms with van der Waals surface area (Å²) < 4.78 is 10.4. The van der Waals surface area contributed by atoms with Gasteiger partial charge in [0.25, 0.3) is 0 Å². The van der Waals surface area contributed by atoms with Gasteiger partial charge in [0, 0.05) is 6.61 Å². The molecule has 0 rings (SSSR count). The van der Waals surface area contributed by atoms with Crippen LogP contribution >= 0.6 is 0 Å². The van der Waals surface area contributed by atoms with E-state index < -0.39 is 5.54 Å². The van der Waals surface area contributed by atoms with Crippen molar-refractivity contribution in [3.63, 3.8) is 0 Å². The van der Waals surface area contributed by atoms with Gasteiger partial charge in [-0.3, -0.25) is 4.79 Å². The Hall–Kier alpha value is -0.610. The Balaban J connectivity index is 3.65. The summed E-state index contributed by atoms with van der Waals surface area (Å²) in [4.78, 5) is 11.3. The minimum Gasteiger partial charge on any atom is -0.468 e. The highest BCUT2D eigenvalue weighted by molar-refractivity contribution is 5.79. The molecule has 0 amide bonds. The number of hydrogen-bond acceptors (Lipinski definition) is 4. The molecule has 18 heavy (non-hydrogen) atoms. The minimum atomic E-state index is -0.877. The lowest BCUT2D eigenvalue weighted by Gasteiger charge is -2.21. The number of rotatable bonds is 9. The van der Waals surface area contributed by atoms with Crippen molar-refractivity contribution in [3.05, 3.63) is 0 Å². The maximum absolute atomic E-state index is 11.3. The molecule has 0 heterocycles. The maximum Gasteiger partial charge on any atom is 0.325 e. The molecule has 0 fully saturated rings. The fraction of sp³-hybridized carbons (Fsp3) is 0.929. The van der Waals surface area contributed by atoms with E-state index in [1.807, 2.05) is 0 Å². The first-order valence-corrected chi connectivity index (χ1v) is 6.78. The number of methoxy groups -OCH3 is 1. The Morgan fingerprint density at radius 1 is 1.28 bits per heavy atom. The van der Waals surface area contributed by atoms with Crippen molar-refractivity contribution in [2.45, 2.75) is 65.0 Å². The monoisotopic (exact) mass is 259 g/mol. The summed E-state index contributed by atoms with van der Waals surface area (Å²) in [6.45, 7) is 8.92. The lowest BCUT2D eigenvalue weighted by Crippen LogP contribution is -2.45. The zero-order valence-corrected chi connectivity index (χ0v) is 12.5. The van der Waals surface area contributed by atoms with Crippen molar-refractivity contribution >= 4 is 5.97 Å². The van der Waals surface area contributed by atoms with E-state index in [0.717, 1.165) is 25.9 Å². The van der Waals surface area contributed by atoms with E-state index in [9.17, 15) is 4.79 Å². The van der Waals surface area contributed by atoms with Gasteiger partial charge in [-0.05, 0) is 45.4 Å². The van der Waals surface area contributed by atoms with Gasteiger partial charge in [0.15, 0.2) is 0 Å². The average Bonchev–Trinajstić information content (AvgIpc) is 2.26. The van der Waals surface area contributed by atoms with Crippen LogP contribution in [0.3, 0.4) is 0 Å². The van der Waals surface area contributed by atoms with E-state index in [4.69, 9.17) is 10.5 Å². The second kappa shape index (κ2) is 8.48. The largest absolute Gasteiger partial charge is 0.468 e. The van der Waals surface area contributed by atoms with Crippen LogP contribution in [0.4, 0.5) is 0 Å². The van der Waals surface area contributed by atoms with Crippen LogP contribution in [0.2, 0.25) is 0 Å². The van der Waals surface area contributed by atoms with Gasteiger partial charge >= 0.3 is 5.97 Å². The summed E-state index contributed by atoms with van der Waals surface area (Å²) in [6.07, 6.45) is 3.80. The van der Waals surface area contributed by atoms with Crippen LogP contribution in [0.1, 0.15) is 53.4 Å². The molecular formula is C14H29NO3. The zero-order valence-electron chi connectivity index (χ0n) is 12.5. The van der Waals surface area contributed by atoms with Gasteiger partial charge in [-0.25, -0.2) is 0 Å². The summed E-state index contributed by atoms with van der Waals surface area (Å²) in [5.74, 6) is 0.309. The molecule has 4 nitrogen and oxygen atoms in total. The van der Waals surface area contributed by atoms with Crippen LogP contribution in [0.15, 0.2) is 0 Å². The smallest absolute Gasteiger partial charge is 0.325 e. The first kappa shape index (κ1) is 17.4. The van der Waals surface area contributed by atoms with E-state index in [1.165, 1.54) is 7.11 Å². The van der Waals surface area contributed by atoms with E-state index in [0.29, 0.717) is 18.4 Å². The fourth-order valence-corrected chi connectivity index (χ4v) is 1.95. The molecule has 0 bridgehead atoms. The molecule has 0 saturated carbocycles. The van der Waals surface area contributed by atoms with Gasteiger partial charge in [-0.2, -0.15) is 0 Å². The number of ether oxygens (including phenoxy) is 2. The third kappa shape index (κ3) is 7.67. The molecule has 2 atom stereocenters. The number of carbonyl (C=O) groups is 1. The molecule has 4 heteroatoms. The van der Waals surface area contributed by atoms with Crippen LogP contribution in [-0.4, -0.2) is 31.3 Å². The highest BCUT2D eigenvalue weighted by Crippen LogP contribution is 2.13. The molecule has 0 aliphatic heterocycles. The molecule has 0 aliphatic carbocycles. The van der Waals surface area contributed by atoms with Gasteiger partial charge in [-0.1, -0.05) is 13.8 Å². The van der Waals surface area contributed by atoms with Crippen molar-refractivity contribution in [2.24, 2.45) is 11.7 Å². The Kier molecular flexibility index (Phi) is 8.20. The predicted octanol–water partition coefficient (Wildman–Crippen LogP) is 2.50. The van der Waals surface area contributed by atoms with E-state index in [-0.39, 0.29) is 5.97 Å². The Bertz CT molecular complexity index is 239. The first-order valence-electron chi connectivity index (χ1n) is 6.78. The molecule has 0 radical (unpaired) electrons. The average molecular weight is 259 g/mol. The normalized spacial score (nSPS) is 16.4. The molecule has 2 unspecified atom stereocenters. The molecule has 0 aromatic carbocycles. The molecule has 0 spiro atoms. The van der Waals surface area contributed by atoms with Crippen molar-refractivity contribution in [2.75, 3.05) is 13.7 Å². The summed E-state index contributed by atoms with van der Waals surface area (Å²) in [5.41, 5.74) is 4.99. The molecular weight excluding hydrogens is 230 g/mol. The SMILES string of the molecule is COC(=O)C(C)(N)CCCCOC(C)CC(C)C. The van der Waals surface area contributed by atoms with Gasteiger partial charge < -0.3 is 15.2 Å². The van der Waals surface area contributed by atoms with E-state index in [1.54, 1.807) is 6.92 Å². The van der Waals surface area contributed by atoms with Gasteiger partial charge in [0.2, 0.25) is 0 Å². The molecule has 0 saturated heterocycles. The Morgan fingerprint density at radius 3 is 2.39 bits per heavy atom. The highest BCUT2D eigenvalue weighted by atomic mass is 16.5. The summed E-state index contributed by atoms with van der Waals surface area (Å²) in [5, 5.41) is 0.